The quantitative estimate of drug-likeness (QED) is 0.616. The lowest BCUT2D eigenvalue weighted by Crippen LogP contribution is -2.05. The summed E-state index contributed by atoms with van der Waals surface area (Å²) in [5, 5.41) is 2.70. The van der Waals surface area contributed by atoms with Gasteiger partial charge in [0.1, 0.15) is 5.82 Å². The van der Waals surface area contributed by atoms with Crippen LogP contribution in [0.15, 0.2) is 36.4 Å². The summed E-state index contributed by atoms with van der Waals surface area (Å²) in [7, 11) is 0. The van der Waals surface area contributed by atoms with E-state index in [1.165, 1.54) is 6.07 Å². The molecule has 0 amide bonds. The maximum Gasteiger partial charge on any atom is 0.416 e. The van der Waals surface area contributed by atoms with Gasteiger partial charge in [0, 0.05) is 11.4 Å². The molecule has 0 atom stereocenters. The van der Waals surface area contributed by atoms with Crippen LogP contribution in [0, 0.1) is 5.82 Å². The van der Waals surface area contributed by atoms with Gasteiger partial charge < -0.3 is 11.1 Å². The molecule has 2 nitrogen and oxygen atoms in total. The van der Waals surface area contributed by atoms with Crippen LogP contribution < -0.4 is 11.1 Å². The maximum absolute atomic E-state index is 13.2. The Morgan fingerprint density at radius 2 is 1.75 bits per heavy atom. The first-order valence-electron chi connectivity index (χ1n) is 5.45. The molecule has 0 unspecified atom stereocenters. The summed E-state index contributed by atoms with van der Waals surface area (Å²) < 4.78 is 51.0. The third-order valence-corrected chi connectivity index (χ3v) is 2.82. The van der Waals surface area contributed by atoms with Gasteiger partial charge in [-0.1, -0.05) is 11.6 Å². The fourth-order valence-corrected chi connectivity index (χ4v) is 1.80. The first-order valence-corrected chi connectivity index (χ1v) is 5.83. The number of hydrogen-bond acceptors (Lipinski definition) is 2. The van der Waals surface area contributed by atoms with Gasteiger partial charge in [0.2, 0.25) is 0 Å². The number of benzene rings is 2. The van der Waals surface area contributed by atoms with E-state index in [0.717, 1.165) is 30.3 Å². The number of hydrogen-bond donors (Lipinski definition) is 2. The van der Waals surface area contributed by atoms with E-state index >= 15 is 0 Å². The van der Waals surface area contributed by atoms with Crippen molar-refractivity contribution < 1.29 is 17.6 Å². The number of nitrogens with one attached hydrogen (secondary N) is 1. The predicted molar refractivity (Wildman–Crippen MR) is 70.5 cm³/mol. The Kier molecular flexibility index (Phi) is 3.76. The minimum atomic E-state index is -4.48. The topological polar surface area (TPSA) is 38.0 Å². The molecule has 0 aliphatic carbocycles. The molecule has 0 heterocycles. The van der Waals surface area contributed by atoms with Crippen LogP contribution in [0.4, 0.5) is 34.6 Å². The van der Waals surface area contributed by atoms with Crippen LogP contribution >= 0.6 is 11.6 Å². The fraction of sp³-hybridized carbons (Fsp3) is 0.0769. The van der Waals surface area contributed by atoms with Gasteiger partial charge >= 0.3 is 6.18 Å². The molecule has 0 radical (unpaired) electrons. The van der Waals surface area contributed by atoms with Crippen LogP contribution in [0.3, 0.4) is 0 Å². The highest BCUT2D eigenvalue weighted by atomic mass is 35.5. The molecule has 2 aromatic rings. The standard InChI is InChI=1S/C13H9ClF4N2/c14-11-2-1-7(13(16,17)18)3-12(11)20-10-5-8(15)4-9(19)6-10/h1-6,20H,19H2. The molecule has 0 saturated carbocycles. The molecule has 3 N–H and O–H groups in total. The van der Waals surface area contributed by atoms with E-state index in [1.807, 2.05) is 0 Å². The Balaban J connectivity index is 2.37. The average molecular weight is 305 g/mol. The average Bonchev–Trinajstić information content (AvgIpc) is 2.29. The zero-order valence-electron chi connectivity index (χ0n) is 9.93. The second kappa shape index (κ2) is 5.20. The Labute approximate surface area is 117 Å². The molecule has 0 aromatic heterocycles. The van der Waals surface area contributed by atoms with Crippen molar-refractivity contribution in [1.29, 1.82) is 0 Å². The van der Waals surface area contributed by atoms with Crippen LogP contribution in [0.25, 0.3) is 0 Å². The van der Waals surface area contributed by atoms with E-state index in [4.69, 9.17) is 17.3 Å². The van der Waals surface area contributed by atoms with Crippen LogP contribution in [0.5, 0.6) is 0 Å². The van der Waals surface area contributed by atoms with Gasteiger partial charge in [0.05, 0.1) is 16.3 Å². The first-order chi connectivity index (χ1) is 9.25. The van der Waals surface area contributed by atoms with Crippen LogP contribution in [0.2, 0.25) is 5.02 Å². The molecule has 106 valence electrons. The SMILES string of the molecule is Nc1cc(F)cc(Nc2cc(C(F)(F)F)ccc2Cl)c1. The lowest BCUT2D eigenvalue weighted by atomic mass is 10.2. The molecule has 7 heteroatoms. The Bertz CT molecular complexity index is 621. The molecule has 2 rings (SSSR count). The Hall–Kier alpha value is -1.95. The summed E-state index contributed by atoms with van der Waals surface area (Å²) in [5.41, 5.74) is 4.98. The van der Waals surface area contributed by atoms with E-state index in [0.29, 0.717) is 0 Å². The summed E-state index contributed by atoms with van der Waals surface area (Å²) in [6.07, 6.45) is -4.48. The van der Waals surface area contributed by atoms with Crippen molar-refractivity contribution in [2.45, 2.75) is 6.18 Å². The highest BCUT2D eigenvalue weighted by molar-refractivity contribution is 6.33. The Morgan fingerprint density at radius 3 is 2.35 bits per heavy atom. The zero-order valence-corrected chi connectivity index (χ0v) is 10.7. The van der Waals surface area contributed by atoms with Crippen molar-refractivity contribution in [3.05, 3.63) is 52.8 Å². The number of nitrogens with two attached hydrogens (primary N) is 1. The second-order valence-electron chi connectivity index (χ2n) is 4.09. The third kappa shape index (κ3) is 3.33. The van der Waals surface area contributed by atoms with Crippen LogP contribution in [0.1, 0.15) is 5.56 Å². The van der Waals surface area contributed by atoms with E-state index in [-0.39, 0.29) is 22.1 Å². The van der Waals surface area contributed by atoms with Crippen molar-refractivity contribution in [1.82, 2.24) is 0 Å². The summed E-state index contributed by atoms with van der Waals surface area (Å²) >= 11 is 5.82. The highest BCUT2D eigenvalue weighted by Crippen LogP contribution is 2.35. The molecule has 0 spiro atoms. The predicted octanol–water partition coefficient (Wildman–Crippen LogP) is 4.82. The van der Waals surface area contributed by atoms with Gasteiger partial charge in [0.15, 0.2) is 0 Å². The van der Waals surface area contributed by atoms with Crippen LogP contribution in [-0.4, -0.2) is 0 Å². The summed E-state index contributed by atoms with van der Waals surface area (Å²) in [6, 6.07) is 6.43. The number of halogens is 5. The number of rotatable bonds is 2. The van der Waals surface area contributed by atoms with E-state index in [2.05, 4.69) is 5.32 Å². The normalized spacial score (nSPS) is 11.4. The van der Waals surface area contributed by atoms with Crippen molar-refractivity contribution in [3.8, 4) is 0 Å². The van der Waals surface area contributed by atoms with E-state index in [1.54, 1.807) is 0 Å². The van der Waals surface area contributed by atoms with Crippen molar-refractivity contribution in [3.63, 3.8) is 0 Å². The minimum absolute atomic E-state index is 0.0199. The van der Waals surface area contributed by atoms with Crippen molar-refractivity contribution >= 4 is 28.7 Å². The van der Waals surface area contributed by atoms with E-state index in [9.17, 15) is 17.6 Å². The smallest absolute Gasteiger partial charge is 0.399 e. The van der Waals surface area contributed by atoms with Crippen molar-refractivity contribution in [2.75, 3.05) is 11.1 Å². The van der Waals surface area contributed by atoms with Gasteiger partial charge in [-0.25, -0.2) is 4.39 Å². The summed E-state index contributed by atoms with van der Waals surface area (Å²) in [5.74, 6) is -0.601. The first kappa shape index (κ1) is 14.5. The fourth-order valence-electron chi connectivity index (χ4n) is 1.64. The Morgan fingerprint density at radius 1 is 1.05 bits per heavy atom. The second-order valence-corrected chi connectivity index (χ2v) is 4.50. The van der Waals surface area contributed by atoms with Gasteiger partial charge in [-0.2, -0.15) is 13.2 Å². The molecule has 0 saturated heterocycles. The monoisotopic (exact) mass is 304 g/mol. The molecule has 0 bridgehead atoms. The lowest BCUT2D eigenvalue weighted by Gasteiger charge is -2.13. The molecule has 0 fully saturated rings. The lowest BCUT2D eigenvalue weighted by molar-refractivity contribution is -0.137. The maximum atomic E-state index is 13.2. The van der Waals surface area contributed by atoms with E-state index < -0.39 is 17.6 Å². The third-order valence-electron chi connectivity index (χ3n) is 2.49. The highest BCUT2D eigenvalue weighted by Gasteiger charge is 2.30. The largest absolute Gasteiger partial charge is 0.416 e. The molecule has 20 heavy (non-hydrogen) atoms. The van der Waals surface area contributed by atoms with Gasteiger partial charge in [-0.05, 0) is 36.4 Å². The summed E-state index contributed by atoms with van der Waals surface area (Å²) in [6.45, 7) is 0. The number of alkyl halides is 3. The van der Waals surface area contributed by atoms with Gasteiger partial charge in [-0.15, -0.1) is 0 Å². The minimum Gasteiger partial charge on any atom is -0.399 e. The number of anilines is 3. The molecule has 0 aliphatic heterocycles. The van der Waals surface area contributed by atoms with Gasteiger partial charge in [-0.3, -0.25) is 0 Å². The molecular weight excluding hydrogens is 296 g/mol. The van der Waals surface area contributed by atoms with Crippen molar-refractivity contribution in [2.24, 2.45) is 0 Å². The molecular formula is C13H9ClF4N2. The van der Waals surface area contributed by atoms with Gasteiger partial charge in [0.25, 0.3) is 0 Å². The van der Waals surface area contributed by atoms with Crippen LogP contribution in [-0.2, 0) is 6.18 Å². The number of nitrogen functional groups attached to an aromatic ring is 1. The zero-order chi connectivity index (χ0) is 14.9. The molecule has 2 aromatic carbocycles. The molecule has 0 aliphatic rings. The summed E-state index contributed by atoms with van der Waals surface area (Å²) in [4.78, 5) is 0.